The Labute approximate surface area is 139 Å². The van der Waals surface area contributed by atoms with Crippen LogP contribution in [0.15, 0.2) is 29.2 Å². The van der Waals surface area contributed by atoms with Crippen LogP contribution in [0.5, 0.6) is 0 Å². The fraction of sp³-hybridized carbons (Fsp3) is 0.667. The van der Waals surface area contributed by atoms with Gasteiger partial charge in [-0.05, 0) is 44.2 Å². The van der Waals surface area contributed by atoms with Crippen molar-refractivity contribution in [2.75, 3.05) is 13.2 Å². The van der Waals surface area contributed by atoms with Crippen LogP contribution in [0.1, 0.15) is 38.7 Å². The van der Waals surface area contributed by atoms with Crippen molar-refractivity contribution >= 4 is 10.0 Å². The monoisotopic (exact) mass is 337 g/mol. The standard InChI is InChI=1S/C18H27NO3S/c1-13(2)12-18-16-8-10-19(17(16)9-11-22-18)23(20,21)15-6-4-14(3)5-7-15/h4-7,13,16-18H,8-12H2,1-3H3/t16-,17-,18-/m0/s1. The minimum absolute atomic E-state index is 0.0961. The quantitative estimate of drug-likeness (QED) is 0.847. The number of nitrogens with zero attached hydrogens (tertiary/aromatic N) is 1. The minimum Gasteiger partial charge on any atom is -0.378 e. The van der Waals surface area contributed by atoms with Crippen molar-refractivity contribution in [3.63, 3.8) is 0 Å². The number of hydrogen-bond acceptors (Lipinski definition) is 3. The average Bonchev–Trinajstić information content (AvgIpc) is 2.93. The van der Waals surface area contributed by atoms with Crippen molar-refractivity contribution in [3.05, 3.63) is 29.8 Å². The second kappa shape index (κ2) is 6.54. The summed E-state index contributed by atoms with van der Waals surface area (Å²) in [4.78, 5) is 0.413. The van der Waals surface area contributed by atoms with E-state index in [4.69, 9.17) is 4.74 Å². The molecule has 0 aromatic heterocycles. The highest BCUT2D eigenvalue weighted by Crippen LogP contribution is 2.39. The summed E-state index contributed by atoms with van der Waals surface area (Å²) in [5.74, 6) is 0.910. The normalized spacial score (nSPS) is 29.0. The summed E-state index contributed by atoms with van der Waals surface area (Å²) in [7, 11) is -3.40. The van der Waals surface area contributed by atoms with Crippen molar-refractivity contribution in [1.29, 1.82) is 0 Å². The Morgan fingerprint density at radius 3 is 2.57 bits per heavy atom. The molecule has 0 bridgehead atoms. The van der Waals surface area contributed by atoms with Crippen molar-refractivity contribution in [3.8, 4) is 0 Å². The first-order valence-electron chi connectivity index (χ1n) is 8.59. The summed E-state index contributed by atoms with van der Waals surface area (Å²) in [5, 5.41) is 0. The van der Waals surface area contributed by atoms with Gasteiger partial charge >= 0.3 is 0 Å². The number of ether oxygens (including phenoxy) is 1. The van der Waals surface area contributed by atoms with E-state index in [0.717, 1.165) is 24.8 Å². The topological polar surface area (TPSA) is 46.6 Å². The number of hydrogen-bond donors (Lipinski definition) is 0. The van der Waals surface area contributed by atoms with Crippen LogP contribution >= 0.6 is 0 Å². The zero-order chi connectivity index (χ0) is 16.6. The predicted molar refractivity (Wildman–Crippen MR) is 90.8 cm³/mol. The van der Waals surface area contributed by atoms with Crippen LogP contribution < -0.4 is 0 Å². The lowest BCUT2D eigenvalue weighted by Crippen LogP contribution is -2.45. The maximum Gasteiger partial charge on any atom is 0.243 e. The fourth-order valence-corrected chi connectivity index (χ4v) is 5.67. The molecule has 3 rings (SSSR count). The van der Waals surface area contributed by atoms with Gasteiger partial charge in [0.15, 0.2) is 0 Å². The summed E-state index contributed by atoms with van der Waals surface area (Å²) in [6.07, 6.45) is 2.93. The molecule has 0 spiro atoms. The lowest BCUT2D eigenvalue weighted by Gasteiger charge is -2.37. The molecule has 3 atom stereocenters. The van der Waals surface area contributed by atoms with Crippen LogP contribution in [-0.2, 0) is 14.8 Å². The van der Waals surface area contributed by atoms with Gasteiger partial charge in [0.2, 0.25) is 10.0 Å². The summed E-state index contributed by atoms with van der Waals surface area (Å²) in [6, 6.07) is 7.28. The zero-order valence-corrected chi connectivity index (χ0v) is 15.1. The molecule has 2 fully saturated rings. The number of benzene rings is 1. The Kier molecular flexibility index (Phi) is 4.81. The molecule has 2 aliphatic heterocycles. The highest BCUT2D eigenvalue weighted by Gasteiger charge is 2.46. The van der Waals surface area contributed by atoms with Gasteiger partial charge in [0.25, 0.3) is 0 Å². The molecule has 1 aromatic carbocycles. The summed E-state index contributed by atoms with van der Waals surface area (Å²) in [6.45, 7) is 7.64. The van der Waals surface area contributed by atoms with Crippen LogP contribution in [0.25, 0.3) is 0 Å². The third-order valence-corrected chi connectivity index (χ3v) is 7.04. The summed E-state index contributed by atoms with van der Waals surface area (Å²) < 4.78 is 33.7. The van der Waals surface area contributed by atoms with Gasteiger partial charge < -0.3 is 4.74 Å². The van der Waals surface area contributed by atoms with E-state index in [1.165, 1.54) is 0 Å². The van der Waals surface area contributed by atoms with Crippen molar-refractivity contribution in [2.24, 2.45) is 11.8 Å². The molecule has 4 nitrogen and oxygen atoms in total. The molecule has 0 saturated carbocycles. The second-order valence-electron chi connectivity index (χ2n) is 7.28. The van der Waals surface area contributed by atoms with Crippen LogP contribution in [-0.4, -0.2) is 38.0 Å². The third kappa shape index (κ3) is 3.32. The molecule has 0 aliphatic carbocycles. The molecule has 0 radical (unpaired) electrons. The average molecular weight is 337 g/mol. The molecule has 0 amide bonds. The van der Waals surface area contributed by atoms with Gasteiger partial charge in [0, 0.05) is 25.1 Å². The Morgan fingerprint density at radius 1 is 1.22 bits per heavy atom. The van der Waals surface area contributed by atoms with Crippen molar-refractivity contribution in [2.45, 2.75) is 57.1 Å². The van der Waals surface area contributed by atoms with E-state index in [1.54, 1.807) is 16.4 Å². The number of rotatable bonds is 4. The van der Waals surface area contributed by atoms with Crippen LogP contribution in [0.2, 0.25) is 0 Å². The summed E-state index contributed by atoms with van der Waals surface area (Å²) >= 11 is 0. The first kappa shape index (κ1) is 16.9. The first-order valence-corrected chi connectivity index (χ1v) is 10.0. The van der Waals surface area contributed by atoms with Gasteiger partial charge in [0.1, 0.15) is 0 Å². The van der Waals surface area contributed by atoms with Gasteiger partial charge in [-0.15, -0.1) is 0 Å². The lowest BCUT2D eigenvalue weighted by atomic mass is 9.86. The van der Waals surface area contributed by atoms with Gasteiger partial charge in [-0.1, -0.05) is 31.5 Å². The van der Waals surface area contributed by atoms with Crippen LogP contribution in [0, 0.1) is 18.8 Å². The molecule has 2 saturated heterocycles. The molecule has 2 aliphatic rings. The third-order valence-electron chi connectivity index (χ3n) is 5.10. The Hall–Kier alpha value is -0.910. The molecule has 128 valence electrons. The predicted octanol–water partition coefficient (Wildman–Crippen LogP) is 3.21. The SMILES string of the molecule is Cc1ccc(S(=O)(=O)N2CC[C@@H]3[C@H](CC(C)C)OCC[C@@H]32)cc1. The molecule has 0 N–H and O–H groups in total. The van der Waals surface area contributed by atoms with E-state index in [0.29, 0.717) is 29.9 Å². The largest absolute Gasteiger partial charge is 0.378 e. The van der Waals surface area contributed by atoms with Gasteiger partial charge in [-0.25, -0.2) is 8.42 Å². The minimum atomic E-state index is -3.40. The maximum absolute atomic E-state index is 13.0. The molecule has 0 unspecified atom stereocenters. The van der Waals surface area contributed by atoms with Crippen LogP contribution in [0.4, 0.5) is 0 Å². The van der Waals surface area contributed by atoms with Crippen LogP contribution in [0.3, 0.4) is 0 Å². The molecular weight excluding hydrogens is 310 g/mol. The maximum atomic E-state index is 13.0. The molecular formula is C18H27NO3S. The van der Waals surface area contributed by atoms with E-state index >= 15 is 0 Å². The van der Waals surface area contributed by atoms with Gasteiger partial charge in [-0.3, -0.25) is 0 Å². The first-order chi connectivity index (χ1) is 10.9. The Balaban J connectivity index is 1.83. The van der Waals surface area contributed by atoms with E-state index in [-0.39, 0.29) is 12.1 Å². The van der Waals surface area contributed by atoms with E-state index in [2.05, 4.69) is 13.8 Å². The highest BCUT2D eigenvalue weighted by molar-refractivity contribution is 7.89. The fourth-order valence-electron chi connectivity index (χ4n) is 3.96. The van der Waals surface area contributed by atoms with E-state index in [9.17, 15) is 8.42 Å². The second-order valence-corrected chi connectivity index (χ2v) is 9.17. The number of fused-ring (bicyclic) bond motifs is 1. The molecule has 23 heavy (non-hydrogen) atoms. The summed E-state index contributed by atoms with van der Waals surface area (Å²) in [5.41, 5.74) is 1.08. The van der Waals surface area contributed by atoms with Gasteiger partial charge in [-0.2, -0.15) is 4.31 Å². The van der Waals surface area contributed by atoms with Crippen molar-refractivity contribution < 1.29 is 13.2 Å². The smallest absolute Gasteiger partial charge is 0.243 e. The molecule has 5 heteroatoms. The molecule has 1 aromatic rings. The van der Waals surface area contributed by atoms with E-state index in [1.807, 2.05) is 19.1 Å². The van der Waals surface area contributed by atoms with E-state index < -0.39 is 10.0 Å². The number of aryl methyl sites for hydroxylation is 1. The zero-order valence-electron chi connectivity index (χ0n) is 14.2. The van der Waals surface area contributed by atoms with Crippen molar-refractivity contribution in [1.82, 2.24) is 4.31 Å². The van der Waals surface area contributed by atoms with Gasteiger partial charge in [0.05, 0.1) is 11.0 Å². The molecule has 2 heterocycles. The Bertz CT molecular complexity index is 639. The Morgan fingerprint density at radius 2 is 1.91 bits per heavy atom. The lowest BCUT2D eigenvalue weighted by molar-refractivity contribution is -0.0486. The number of sulfonamides is 1. The highest BCUT2D eigenvalue weighted by atomic mass is 32.2.